The van der Waals surface area contributed by atoms with Gasteiger partial charge in [-0.15, -0.1) is 0 Å². The Hall–Kier alpha value is -2.22. The zero-order chi connectivity index (χ0) is 19.2. The summed E-state index contributed by atoms with van der Waals surface area (Å²) in [5, 5.41) is 6.69. The van der Waals surface area contributed by atoms with Crippen LogP contribution in [0.15, 0.2) is 24.3 Å². The van der Waals surface area contributed by atoms with E-state index in [1.165, 1.54) is 0 Å². The van der Waals surface area contributed by atoms with Gasteiger partial charge in [0, 0.05) is 42.6 Å². The largest absolute Gasteiger partial charge is 0.379 e. The van der Waals surface area contributed by atoms with Crippen molar-refractivity contribution in [1.29, 1.82) is 0 Å². The topological polar surface area (TPSA) is 79.4 Å². The van der Waals surface area contributed by atoms with Crippen molar-refractivity contribution in [2.45, 2.75) is 13.8 Å². The molecule has 0 saturated carbocycles. The highest BCUT2D eigenvalue weighted by Gasteiger charge is 2.13. The summed E-state index contributed by atoms with van der Waals surface area (Å²) in [7, 11) is 0. The van der Waals surface area contributed by atoms with Crippen molar-refractivity contribution in [3.05, 3.63) is 46.2 Å². The fourth-order valence-electron chi connectivity index (χ4n) is 2.78. The second-order valence-corrected chi connectivity index (χ2v) is 6.92. The number of nitrogens with one attached hydrogen (secondary N) is 2. The van der Waals surface area contributed by atoms with E-state index in [-0.39, 0.29) is 5.91 Å². The summed E-state index contributed by atoms with van der Waals surface area (Å²) in [6, 6.07) is 7.30. The van der Waals surface area contributed by atoms with Crippen LogP contribution in [0.5, 0.6) is 0 Å². The molecule has 0 unspecified atom stereocenters. The molecule has 1 aliphatic rings. The van der Waals surface area contributed by atoms with Gasteiger partial charge in [-0.3, -0.25) is 9.69 Å². The lowest BCUT2D eigenvalue weighted by Crippen LogP contribution is -2.41. The minimum Gasteiger partial charge on any atom is -0.379 e. The van der Waals surface area contributed by atoms with E-state index in [0.29, 0.717) is 28.9 Å². The van der Waals surface area contributed by atoms with Crippen molar-refractivity contribution >= 4 is 29.1 Å². The predicted molar refractivity (Wildman–Crippen MR) is 106 cm³/mol. The molecule has 2 heterocycles. The molecule has 0 aliphatic carbocycles. The molecule has 1 aromatic heterocycles. The van der Waals surface area contributed by atoms with Gasteiger partial charge in [0.05, 0.1) is 13.2 Å². The Morgan fingerprint density at radius 3 is 2.74 bits per heavy atom. The molecular weight excluding hydrogens is 366 g/mol. The third-order valence-electron chi connectivity index (χ3n) is 4.33. The second kappa shape index (κ2) is 9.12. The van der Waals surface area contributed by atoms with Crippen LogP contribution in [0.25, 0.3) is 0 Å². The Morgan fingerprint density at radius 1 is 1.22 bits per heavy atom. The summed E-state index contributed by atoms with van der Waals surface area (Å²) in [6.07, 6.45) is 0. The first-order valence-corrected chi connectivity index (χ1v) is 9.36. The van der Waals surface area contributed by atoms with Crippen LogP contribution in [0.2, 0.25) is 5.02 Å². The van der Waals surface area contributed by atoms with Crippen LogP contribution in [0.4, 0.5) is 11.6 Å². The molecule has 1 saturated heterocycles. The van der Waals surface area contributed by atoms with E-state index in [1.54, 1.807) is 6.07 Å². The predicted octanol–water partition coefficient (Wildman–Crippen LogP) is 2.55. The maximum Gasteiger partial charge on any atom is 0.270 e. The molecule has 0 atom stereocenters. The maximum absolute atomic E-state index is 12.4. The molecule has 1 aromatic carbocycles. The highest BCUT2D eigenvalue weighted by molar-refractivity contribution is 6.31. The first-order chi connectivity index (χ1) is 13.0. The normalized spacial score (nSPS) is 14.8. The average Bonchev–Trinajstić information content (AvgIpc) is 2.65. The number of rotatable bonds is 6. The van der Waals surface area contributed by atoms with Gasteiger partial charge in [-0.1, -0.05) is 17.7 Å². The van der Waals surface area contributed by atoms with Gasteiger partial charge in [-0.2, -0.15) is 0 Å². The standard InChI is InChI=1S/C19H24ClN5O2/c1-13-3-4-15(12-16(13)20)23-19-22-14(2)11-17(24-19)18(26)21-5-6-25-7-9-27-10-8-25/h3-4,11-12H,5-10H2,1-2H3,(H,21,26)(H,22,23,24). The van der Waals surface area contributed by atoms with Crippen molar-refractivity contribution < 1.29 is 9.53 Å². The Morgan fingerprint density at radius 2 is 2.00 bits per heavy atom. The van der Waals surface area contributed by atoms with Crippen LogP contribution >= 0.6 is 11.6 Å². The van der Waals surface area contributed by atoms with Gasteiger partial charge in [0.1, 0.15) is 5.69 Å². The number of ether oxygens (including phenoxy) is 1. The molecule has 3 rings (SSSR count). The first-order valence-electron chi connectivity index (χ1n) is 8.98. The van der Waals surface area contributed by atoms with Crippen molar-refractivity contribution in [2.75, 3.05) is 44.7 Å². The molecule has 1 fully saturated rings. The molecule has 0 radical (unpaired) electrons. The van der Waals surface area contributed by atoms with Gasteiger partial charge < -0.3 is 15.4 Å². The van der Waals surface area contributed by atoms with E-state index < -0.39 is 0 Å². The minimum absolute atomic E-state index is 0.209. The Balaban J connectivity index is 1.61. The lowest BCUT2D eigenvalue weighted by Gasteiger charge is -2.26. The molecule has 2 aromatic rings. The Labute approximate surface area is 164 Å². The summed E-state index contributed by atoms with van der Waals surface area (Å²) >= 11 is 6.16. The van der Waals surface area contributed by atoms with Crippen LogP contribution in [-0.4, -0.2) is 60.2 Å². The number of anilines is 2. The Kier molecular flexibility index (Phi) is 6.60. The quantitative estimate of drug-likeness (QED) is 0.790. The zero-order valence-electron chi connectivity index (χ0n) is 15.6. The van der Waals surface area contributed by atoms with Crippen LogP contribution < -0.4 is 10.6 Å². The van der Waals surface area contributed by atoms with E-state index in [4.69, 9.17) is 16.3 Å². The summed E-state index contributed by atoms with van der Waals surface area (Å²) < 4.78 is 5.32. The lowest BCUT2D eigenvalue weighted by atomic mass is 10.2. The van der Waals surface area contributed by atoms with E-state index in [2.05, 4.69) is 25.5 Å². The number of benzene rings is 1. The number of aryl methyl sites for hydroxylation is 2. The van der Waals surface area contributed by atoms with Gasteiger partial charge in [-0.05, 0) is 37.6 Å². The van der Waals surface area contributed by atoms with E-state index in [9.17, 15) is 4.79 Å². The lowest BCUT2D eigenvalue weighted by molar-refractivity contribution is 0.0383. The van der Waals surface area contributed by atoms with Gasteiger partial charge in [0.25, 0.3) is 5.91 Å². The van der Waals surface area contributed by atoms with Gasteiger partial charge in [0.15, 0.2) is 0 Å². The zero-order valence-corrected chi connectivity index (χ0v) is 16.3. The number of aromatic nitrogens is 2. The van der Waals surface area contributed by atoms with E-state index in [0.717, 1.165) is 44.1 Å². The minimum atomic E-state index is -0.209. The molecule has 27 heavy (non-hydrogen) atoms. The smallest absolute Gasteiger partial charge is 0.270 e. The highest BCUT2D eigenvalue weighted by Crippen LogP contribution is 2.22. The van der Waals surface area contributed by atoms with Crippen LogP contribution in [0.1, 0.15) is 21.7 Å². The number of hydrogen-bond donors (Lipinski definition) is 2. The summed E-state index contributed by atoms with van der Waals surface area (Å²) in [6.45, 7) is 8.43. The van der Waals surface area contributed by atoms with E-state index >= 15 is 0 Å². The molecule has 144 valence electrons. The van der Waals surface area contributed by atoms with E-state index in [1.807, 2.05) is 32.0 Å². The fraction of sp³-hybridized carbons (Fsp3) is 0.421. The fourth-order valence-corrected chi connectivity index (χ4v) is 2.96. The number of morpholine rings is 1. The molecular formula is C19H24ClN5O2. The number of halogens is 1. The number of carbonyl (C=O) groups excluding carboxylic acids is 1. The van der Waals surface area contributed by atoms with Crippen molar-refractivity contribution in [2.24, 2.45) is 0 Å². The highest BCUT2D eigenvalue weighted by atomic mass is 35.5. The number of carbonyl (C=O) groups is 1. The molecule has 8 heteroatoms. The molecule has 7 nitrogen and oxygen atoms in total. The summed E-state index contributed by atoms with van der Waals surface area (Å²) in [5.41, 5.74) is 2.82. The van der Waals surface area contributed by atoms with Crippen molar-refractivity contribution in [3.63, 3.8) is 0 Å². The first kappa shape index (κ1) is 19.5. The maximum atomic E-state index is 12.4. The average molecular weight is 390 g/mol. The third-order valence-corrected chi connectivity index (χ3v) is 4.74. The monoisotopic (exact) mass is 389 g/mol. The summed E-state index contributed by atoms with van der Waals surface area (Å²) in [5.74, 6) is 0.159. The van der Waals surface area contributed by atoms with Gasteiger partial charge in [0.2, 0.25) is 5.95 Å². The number of nitrogens with zero attached hydrogens (tertiary/aromatic N) is 3. The molecule has 0 spiro atoms. The summed E-state index contributed by atoms with van der Waals surface area (Å²) in [4.78, 5) is 23.4. The van der Waals surface area contributed by atoms with Crippen LogP contribution in [0.3, 0.4) is 0 Å². The second-order valence-electron chi connectivity index (χ2n) is 6.52. The SMILES string of the molecule is Cc1cc(C(=O)NCCN2CCOCC2)nc(Nc2ccc(C)c(Cl)c2)n1. The Bertz CT molecular complexity index is 809. The van der Waals surface area contributed by atoms with Crippen molar-refractivity contribution in [3.8, 4) is 0 Å². The molecule has 0 bridgehead atoms. The van der Waals surface area contributed by atoms with Gasteiger partial charge >= 0.3 is 0 Å². The molecule has 1 amide bonds. The third kappa shape index (κ3) is 5.63. The molecule has 1 aliphatic heterocycles. The van der Waals surface area contributed by atoms with Crippen LogP contribution in [0, 0.1) is 13.8 Å². The molecule has 2 N–H and O–H groups in total. The number of amides is 1. The van der Waals surface area contributed by atoms with Crippen molar-refractivity contribution in [1.82, 2.24) is 20.2 Å². The number of hydrogen-bond acceptors (Lipinski definition) is 6. The van der Waals surface area contributed by atoms with Gasteiger partial charge in [-0.25, -0.2) is 9.97 Å². The van der Waals surface area contributed by atoms with Crippen LogP contribution in [-0.2, 0) is 4.74 Å².